The highest BCUT2D eigenvalue weighted by Crippen LogP contribution is 2.48. The van der Waals surface area contributed by atoms with Gasteiger partial charge in [0.2, 0.25) is 11.8 Å². The van der Waals surface area contributed by atoms with E-state index >= 15 is 0 Å². The third-order valence-corrected chi connectivity index (χ3v) is 5.32. The largest absolute Gasteiger partial charge is 0.461 e. The Balaban J connectivity index is 1.34. The minimum absolute atomic E-state index is 0.0794. The molecule has 4 rings (SSSR count). The standard InChI is InChI=1S/C18H19NO7/c20-10(25-8-9-4-2-1-3-5-9)6-7-19-17(23)11-12(18(19)24)16-14(22)13(21)15(11)26-16/h1-5,11-16,21-22H,6-8H2. The molecule has 6 atom stereocenters. The van der Waals surface area contributed by atoms with Gasteiger partial charge < -0.3 is 19.7 Å². The first kappa shape index (κ1) is 17.1. The lowest BCUT2D eigenvalue weighted by Crippen LogP contribution is -2.47. The summed E-state index contributed by atoms with van der Waals surface area (Å²) in [6.07, 6.45) is -4.19. The smallest absolute Gasteiger partial charge is 0.307 e. The Hall–Kier alpha value is -2.29. The SMILES string of the molecule is O=C(CCN1C(=O)C2C3OC(C(O)C3O)C2C1=O)OCc1ccccc1. The fourth-order valence-electron chi connectivity index (χ4n) is 4.02. The topological polar surface area (TPSA) is 113 Å². The summed E-state index contributed by atoms with van der Waals surface area (Å²) < 4.78 is 10.6. The van der Waals surface area contributed by atoms with Gasteiger partial charge in [0.15, 0.2) is 0 Å². The van der Waals surface area contributed by atoms with Crippen molar-refractivity contribution in [3.63, 3.8) is 0 Å². The minimum atomic E-state index is -1.17. The summed E-state index contributed by atoms with van der Waals surface area (Å²) in [6.45, 7) is 0.0487. The zero-order chi connectivity index (χ0) is 18.4. The highest BCUT2D eigenvalue weighted by molar-refractivity contribution is 6.06. The summed E-state index contributed by atoms with van der Waals surface area (Å²) in [5.41, 5.74) is 0.848. The van der Waals surface area contributed by atoms with Gasteiger partial charge in [0.05, 0.1) is 30.5 Å². The molecule has 3 heterocycles. The molecule has 6 unspecified atom stereocenters. The van der Waals surface area contributed by atoms with Gasteiger partial charge in [-0.1, -0.05) is 30.3 Å². The number of aliphatic hydroxyl groups excluding tert-OH is 2. The predicted octanol–water partition coefficient (Wildman–Crippen LogP) is -0.776. The molecule has 2 amide bonds. The molecule has 8 nitrogen and oxygen atoms in total. The number of nitrogens with zero attached hydrogens (tertiary/aromatic N) is 1. The van der Waals surface area contributed by atoms with Gasteiger partial charge in [-0.3, -0.25) is 19.3 Å². The molecule has 1 aromatic rings. The number of esters is 1. The Morgan fingerprint density at radius 3 is 2.19 bits per heavy atom. The van der Waals surface area contributed by atoms with E-state index in [0.29, 0.717) is 0 Å². The van der Waals surface area contributed by atoms with E-state index in [0.717, 1.165) is 10.5 Å². The number of carbonyl (C=O) groups is 3. The van der Waals surface area contributed by atoms with Crippen LogP contribution >= 0.6 is 0 Å². The molecule has 3 fully saturated rings. The molecular weight excluding hydrogens is 342 g/mol. The predicted molar refractivity (Wildman–Crippen MR) is 85.2 cm³/mol. The number of fused-ring (bicyclic) bond motifs is 5. The van der Waals surface area contributed by atoms with Crippen molar-refractivity contribution >= 4 is 17.8 Å². The van der Waals surface area contributed by atoms with Gasteiger partial charge in [0.25, 0.3) is 0 Å². The van der Waals surface area contributed by atoms with Crippen molar-refractivity contribution in [2.75, 3.05) is 6.54 Å². The molecule has 0 aliphatic carbocycles. The van der Waals surface area contributed by atoms with Gasteiger partial charge in [-0.05, 0) is 5.56 Å². The van der Waals surface area contributed by atoms with Crippen molar-refractivity contribution in [2.45, 2.75) is 37.4 Å². The first-order chi connectivity index (χ1) is 12.5. The van der Waals surface area contributed by atoms with E-state index in [1.165, 1.54) is 0 Å². The van der Waals surface area contributed by atoms with E-state index in [4.69, 9.17) is 9.47 Å². The number of amides is 2. The summed E-state index contributed by atoms with van der Waals surface area (Å²) in [6, 6.07) is 9.19. The molecule has 138 valence electrons. The molecule has 2 N–H and O–H groups in total. The summed E-state index contributed by atoms with van der Waals surface area (Å²) in [7, 11) is 0. The summed E-state index contributed by atoms with van der Waals surface area (Å²) in [5.74, 6) is -3.01. The molecule has 0 radical (unpaired) electrons. The van der Waals surface area contributed by atoms with Crippen LogP contribution < -0.4 is 0 Å². The first-order valence-corrected chi connectivity index (χ1v) is 8.55. The van der Waals surface area contributed by atoms with Crippen LogP contribution in [0.25, 0.3) is 0 Å². The van der Waals surface area contributed by atoms with E-state index < -0.39 is 54.0 Å². The Bertz CT molecular complexity index is 704. The van der Waals surface area contributed by atoms with Crippen LogP contribution in [0, 0.1) is 11.8 Å². The van der Waals surface area contributed by atoms with Gasteiger partial charge in [0.1, 0.15) is 18.8 Å². The third-order valence-electron chi connectivity index (χ3n) is 5.32. The van der Waals surface area contributed by atoms with Crippen molar-refractivity contribution in [1.29, 1.82) is 0 Å². The van der Waals surface area contributed by atoms with E-state index in [1.807, 2.05) is 30.3 Å². The number of ether oxygens (including phenoxy) is 2. The molecular formula is C18H19NO7. The number of imide groups is 1. The second-order valence-electron chi connectivity index (χ2n) is 6.82. The molecule has 1 aromatic carbocycles. The van der Waals surface area contributed by atoms with Crippen LogP contribution in [0.15, 0.2) is 30.3 Å². The van der Waals surface area contributed by atoms with Crippen LogP contribution in [0.3, 0.4) is 0 Å². The molecule has 26 heavy (non-hydrogen) atoms. The number of rotatable bonds is 5. The van der Waals surface area contributed by atoms with Crippen LogP contribution in [0.1, 0.15) is 12.0 Å². The maximum atomic E-state index is 12.5. The average molecular weight is 361 g/mol. The van der Waals surface area contributed by atoms with Crippen molar-refractivity contribution in [3.8, 4) is 0 Å². The second kappa shape index (κ2) is 6.46. The molecule has 3 saturated heterocycles. The normalized spacial score (nSPS) is 35.1. The highest BCUT2D eigenvalue weighted by Gasteiger charge is 2.68. The van der Waals surface area contributed by atoms with E-state index in [9.17, 15) is 24.6 Å². The van der Waals surface area contributed by atoms with Gasteiger partial charge >= 0.3 is 5.97 Å². The highest BCUT2D eigenvalue weighted by atomic mass is 16.6. The molecule has 2 bridgehead atoms. The average Bonchev–Trinajstić information content (AvgIpc) is 3.25. The molecule has 8 heteroatoms. The number of likely N-dealkylation sites (tertiary alicyclic amines) is 1. The van der Waals surface area contributed by atoms with E-state index in [2.05, 4.69) is 0 Å². The van der Waals surface area contributed by atoms with Crippen LogP contribution in [0.5, 0.6) is 0 Å². The Kier molecular flexibility index (Phi) is 4.26. The zero-order valence-electron chi connectivity index (χ0n) is 13.9. The number of carbonyl (C=O) groups excluding carboxylic acids is 3. The summed E-state index contributed by atoms with van der Waals surface area (Å²) in [5, 5.41) is 19.8. The van der Waals surface area contributed by atoms with E-state index in [-0.39, 0.29) is 19.6 Å². The van der Waals surface area contributed by atoms with Crippen molar-refractivity contribution in [2.24, 2.45) is 11.8 Å². The minimum Gasteiger partial charge on any atom is -0.461 e. The number of hydrogen-bond acceptors (Lipinski definition) is 7. The fraction of sp³-hybridized carbons (Fsp3) is 0.500. The van der Waals surface area contributed by atoms with Crippen LogP contribution in [0.2, 0.25) is 0 Å². The van der Waals surface area contributed by atoms with Crippen molar-refractivity contribution in [3.05, 3.63) is 35.9 Å². The monoisotopic (exact) mass is 361 g/mol. The van der Waals surface area contributed by atoms with Crippen molar-refractivity contribution < 1.29 is 34.1 Å². The molecule has 0 spiro atoms. The first-order valence-electron chi connectivity index (χ1n) is 8.55. The second-order valence-corrected chi connectivity index (χ2v) is 6.82. The van der Waals surface area contributed by atoms with Gasteiger partial charge in [0, 0.05) is 6.54 Å². The molecule has 0 aromatic heterocycles. The Labute approximate surface area is 149 Å². The number of aliphatic hydroxyl groups is 2. The van der Waals surface area contributed by atoms with Gasteiger partial charge in [-0.25, -0.2) is 0 Å². The summed E-state index contributed by atoms with van der Waals surface area (Å²) in [4.78, 5) is 37.9. The number of benzene rings is 1. The van der Waals surface area contributed by atoms with Gasteiger partial charge in [-0.15, -0.1) is 0 Å². The number of hydrogen-bond donors (Lipinski definition) is 2. The van der Waals surface area contributed by atoms with Crippen LogP contribution in [-0.2, 0) is 30.5 Å². The Morgan fingerprint density at radius 1 is 1.04 bits per heavy atom. The molecule has 3 aliphatic heterocycles. The lowest BCUT2D eigenvalue weighted by Gasteiger charge is -2.25. The van der Waals surface area contributed by atoms with Crippen molar-refractivity contribution in [1.82, 2.24) is 4.90 Å². The lowest BCUT2D eigenvalue weighted by atomic mass is 9.78. The van der Waals surface area contributed by atoms with Crippen LogP contribution in [-0.4, -0.2) is 63.9 Å². The fourth-order valence-corrected chi connectivity index (χ4v) is 4.02. The molecule has 0 saturated carbocycles. The maximum absolute atomic E-state index is 12.5. The molecule has 3 aliphatic rings. The third kappa shape index (κ3) is 2.61. The summed E-state index contributed by atoms with van der Waals surface area (Å²) >= 11 is 0. The zero-order valence-corrected chi connectivity index (χ0v) is 13.9. The lowest BCUT2D eigenvalue weighted by molar-refractivity contribution is -0.147. The quantitative estimate of drug-likeness (QED) is 0.523. The Morgan fingerprint density at radius 2 is 1.62 bits per heavy atom. The van der Waals surface area contributed by atoms with Crippen LogP contribution in [0.4, 0.5) is 0 Å². The van der Waals surface area contributed by atoms with Gasteiger partial charge in [-0.2, -0.15) is 0 Å². The van der Waals surface area contributed by atoms with E-state index in [1.54, 1.807) is 0 Å². The maximum Gasteiger partial charge on any atom is 0.307 e.